The molecular weight excluding hydrogens is 399 g/mol. The molecule has 1 fully saturated rings. The zero-order valence-corrected chi connectivity index (χ0v) is 15.3. The van der Waals surface area contributed by atoms with E-state index < -0.39 is 18.6 Å². The van der Waals surface area contributed by atoms with Gasteiger partial charge >= 0.3 is 6.18 Å². The lowest BCUT2D eigenvalue weighted by atomic mass is 10.1. The van der Waals surface area contributed by atoms with Crippen molar-refractivity contribution in [1.82, 2.24) is 9.80 Å². The van der Waals surface area contributed by atoms with Crippen molar-refractivity contribution in [3.8, 4) is 0 Å². The maximum atomic E-state index is 13.6. The van der Waals surface area contributed by atoms with Gasteiger partial charge in [-0.15, -0.1) is 0 Å². The number of benzene rings is 1. The number of nitrogens with zero attached hydrogens (tertiary/aromatic N) is 2. The Morgan fingerprint density at radius 1 is 1.12 bits per heavy atom. The molecule has 0 radical (unpaired) electrons. The fourth-order valence-corrected chi connectivity index (χ4v) is 3.07. The molecule has 1 aliphatic heterocycles. The van der Waals surface area contributed by atoms with E-state index >= 15 is 0 Å². The van der Waals surface area contributed by atoms with Crippen LogP contribution in [0.15, 0.2) is 12.1 Å². The van der Waals surface area contributed by atoms with Crippen LogP contribution in [0.1, 0.15) is 16.8 Å². The Kier molecular flexibility index (Phi) is 7.52. The molecule has 0 saturated carbocycles. The molecule has 1 aliphatic rings. The summed E-state index contributed by atoms with van der Waals surface area (Å²) in [4.78, 5) is 16.1. The molecule has 0 aromatic heterocycles. The molecule has 0 aliphatic carbocycles. The van der Waals surface area contributed by atoms with Gasteiger partial charge in [-0.25, -0.2) is 4.39 Å². The number of carbonyl (C=O) groups is 1. The second-order valence-electron chi connectivity index (χ2n) is 5.90. The molecule has 1 heterocycles. The quantitative estimate of drug-likeness (QED) is 0.401. The van der Waals surface area contributed by atoms with E-state index in [2.05, 4.69) is 4.74 Å². The van der Waals surface area contributed by atoms with Crippen LogP contribution in [0.5, 0.6) is 0 Å². The van der Waals surface area contributed by atoms with E-state index in [9.17, 15) is 22.4 Å². The van der Waals surface area contributed by atoms with Crippen LogP contribution in [0.4, 0.5) is 17.6 Å². The predicted molar refractivity (Wildman–Crippen MR) is 90.3 cm³/mol. The van der Waals surface area contributed by atoms with Crippen LogP contribution >= 0.6 is 23.2 Å². The van der Waals surface area contributed by atoms with Crippen LogP contribution in [0.2, 0.25) is 10.0 Å². The number of halogens is 6. The Balaban J connectivity index is 1.76. The van der Waals surface area contributed by atoms with Crippen molar-refractivity contribution in [3.05, 3.63) is 33.6 Å². The molecule has 1 saturated heterocycles. The van der Waals surface area contributed by atoms with Gasteiger partial charge in [-0.2, -0.15) is 13.2 Å². The van der Waals surface area contributed by atoms with E-state index in [0.29, 0.717) is 39.1 Å². The molecule has 1 aromatic carbocycles. The smallest absolute Gasteiger partial charge is 0.372 e. The second kappa shape index (κ2) is 9.21. The Morgan fingerprint density at radius 3 is 2.38 bits per heavy atom. The third-order valence-corrected chi connectivity index (χ3v) is 4.53. The van der Waals surface area contributed by atoms with Crippen LogP contribution < -0.4 is 0 Å². The Labute approximate surface area is 158 Å². The molecule has 0 spiro atoms. The lowest BCUT2D eigenvalue weighted by Crippen LogP contribution is -2.49. The molecule has 4 nitrogen and oxygen atoms in total. The van der Waals surface area contributed by atoms with Crippen molar-refractivity contribution < 1.29 is 27.1 Å². The van der Waals surface area contributed by atoms with Crippen LogP contribution in [0.3, 0.4) is 0 Å². The number of amides is 1. The molecule has 146 valence electrons. The van der Waals surface area contributed by atoms with Gasteiger partial charge in [0.1, 0.15) is 12.4 Å². The molecule has 26 heavy (non-hydrogen) atoms. The number of rotatable bonds is 6. The molecule has 0 N–H and O–H groups in total. The third-order valence-electron chi connectivity index (χ3n) is 3.93. The van der Waals surface area contributed by atoms with Crippen molar-refractivity contribution in [1.29, 1.82) is 0 Å². The number of piperazine rings is 1. The van der Waals surface area contributed by atoms with E-state index in [0.717, 1.165) is 6.07 Å². The molecule has 10 heteroatoms. The zero-order valence-electron chi connectivity index (χ0n) is 13.8. The first kappa shape index (κ1) is 21.2. The number of carbonyl (C=O) groups excluding carboxylic acids is 1. The maximum absolute atomic E-state index is 13.6. The topological polar surface area (TPSA) is 32.8 Å². The number of ether oxygens (including phenoxy) is 1. The van der Waals surface area contributed by atoms with Gasteiger partial charge in [0.25, 0.3) is 5.91 Å². The van der Waals surface area contributed by atoms with Crippen molar-refractivity contribution in [3.63, 3.8) is 0 Å². The van der Waals surface area contributed by atoms with Gasteiger partial charge in [0.15, 0.2) is 0 Å². The van der Waals surface area contributed by atoms with Crippen molar-refractivity contribution >= 4 is 29.1 Å². The summed E-state index contributed by atoms with van der Waals surface area (Å²) < 4.78 is 54.0. The van der Waals surface area contributed by atoms with Crippen LogP contribution in [-0.2, 0) is 4.74 Å². The first-order valence-electron chi connectivity index (χ1n) is 7.98. The third kappa shape index (κ3) is 6.26. The number of alkyl halides is 3. The minimum atomic E-state index is -4.31. The summed E-state index contributed by atoms with van der Waals surface area (Å²) >= 11 is 11.6. The fourth-order valence-electron chi connectivity index (χ4n) is 2.61. The van der Waals surface area contributed by atoms with Gasteiger partial charge in [-0.1, -0.05) is 23.2 Å². The van der Waals surface area contributed by atoms with Gasteiger partial charge in [0.05, 0.1) is 15.6 Å². The Bertz CT molecular complexity index is 635. The molecule has 1 amide bonds. The summed E-state index contributed by atoms with van der Waals surface area (Å²) in [5, 5.41) is -0.0604. The molecule has 0 unspecified atom stereocenters. The van der Waals surface area contributed by atoms with Gasteiger partial charge in [0.2, 0.25) is 0 Å². The minimum absolute atomic E-state index is 0.0261. The second-order valence-corrected chi connectivity index (χ2v) is 6.72. The molecule has 0 bridgehead atoms. The zero-order chi connectivity index (χ0) is 19.3. The average Bonchev–Trinajstić information content (AvgIpc) is 2.57. The summed E-state index contributed by atoms with van der Waals surface area (Å²) in [6, 6.07) is 2.22. The minimum Gasteiger partial charge on any atom is -0.372 e. The van der Waals surface area contributed by atoms with Crippen molar-refractivity contribution in [2.24, 2.45) is 0 Å². The highest BCUT2D eigenvalue weighted by Crippen LogP contribution is 2.25. The highest BCUT2D eigenvalue weighted by Gasteiger charge is 2.27. The van der Waals surface area contributed by atoms with E-state index in [1.54, 1.807) is 4.90 Å². The summed E-state index contributed by atoms with van der Waals surface area (Å²) in [7, 11) is 0. The standard InChI is InChI=1S/C16H18Cl2F4N2O2/c17-12-9-13(18)14(19)8-11(12)15(25)24-5-3-23(4-6-24)2-1-7-26-10-16(20,21)22/h8-9H,1-7,10H2. The van der Waals surface area contributed by atoms with Gasteiger partial charge in [-0.05, 0) is 18.6 Å². The molecular formula is C16H18Cl2F4N2O2. The van der Waals surface area contributed by atoms with E-state index in [-0.39, 0.29) is 28.1 Å². The maximum Gasteiger partial charge on any atom is 0.411 e. The summed E-state index contributed by atoms with van der Waals surface area (Å²) in [6.07, 6.45) is -3.84. The molecule has 2 rings (SSSR count). The summed E-state index contributed by atoms with van der Waals surface area (Å²) in [5.41, 5.74) is 0.0579. The Morgan fingerprint density at radius 2 is 1.77 bits per heavy atom. The lowest BCUT2D eigenvalue weighted by Gasteiger charge is -2.35. The predicted octanol–water partition coefficient (Wildman–Crippen LogP) is 3.86. The number of hydrogen-bond donors (Lipinski definition) is 0. The van der Waals surface area contributed by atoms with E-state index in [1.165, 1.54) is 6.07 Å². The average molecular weight is 417 g/mol. The van der Waals surface area contributed by atoms with Gasteiger partial charge in [0, 0.05) is 39.3 Å². The number of hydrogen-bond acceptors (Lipinski definition) is 3. The monoisotopic (exact) mass is 416 g/mol. The van der Waals surface area contributed by atoms with Crippen LogP contribution in [0.25, 0.3) is 0 Å². The molecule has 0 atom stereocenters. The normalized spacial score (nSPS) is 16.2. The SMILES string of the molecule is O=C(c1cc(F)c(Cl)cc1Cl)N1CCN(CCCOCC(F)(F)F)CC1. The Hall–Kier alpha value is -1.09. The molecule has 1 aromatic rings. The summed E-state index contributed by atoms with van der Waals surface area (Å²) in [6.45, 7) is 1.34. The lowest BCUT2D eigenvalue weighted by molar-refractivity contribution is -0.174. The van der Waals surface area contributed by atoms with Crippen LogP contribution in [-0.4, -0.2) is 67.8 Å². The summed E-state index contributed by atoms with van der Waals surface area (Å²) in [5.74, 6) is -1.09. The van der Waals surface area contributed by atoms with Gasteiger partial charge < -0.3 is 9.64 Å². The highest BCUT2D eigenvalue weighted by atomic mass is 35.5. The van der Waals surface area contributed by atoms with Crippen molar-refractivity contribution in [2.45, 2.75) is 12.6 Å². The first-order chi connectivity index (χ1) is 12.2. The first-order valence-corrected chi connectivity index (χ1v) is 8.73. The highest BCUT2D eigenvalue weighted by molar-refractivity contribution is 6.36. The van der Waals surface area contributed by atoms with E-state index in [1.807, 2.05) is 4.90 Å². The van der Waals surface area contributed by atoms with Crippen LogP contribution in [0, 0.1) is 5.82 Å². The van der Waals surface area contributed by atoms with Crippen molar-refractivity contribution in [2.75, 3.05) is 45.9 Å². The van der Waals surface area contributed by atoms with Gasteiger partial charge in [-0.3, -0.25) is 9.69 Å². The van der Waals surface area contributed by atoms with E-state index in [4.69, 9.17) is 23.2 Å². The largest absolute Gasteiger partial charge is 0.411 e. The fraction of sp³-hybridized carbons (Fsp3) is 0.562.